The molecular weight excluding hydrogens is 342 g/mol. The van der Waals surface area contributed by atoms with Crippen LogP contribution in [0.2, 0.25) is 0 Å². The second-order valence-corrected chi connectivity index (χ2v) is 6.19. The molecule has 8 heteroatoms. The molecule has 4 aromatic rings. The van der Waals surface area contributed by atoms with Gasteiger partial charge >= 0.3 is 5.97 Å². The highest BCUT2D eigenvalue weighted by atomic mass is 32.1. The van der Waals surface area contributed by atoms with Gasteiger partial charge in [-0.05, 0) is 35.9 Å². The first-order valence-electron chi connectivity index (χ1n) is 7.34. The molecule has 4 rings (SSSR count). The molecule has 0 atom stereocenters. The minimum Gasteiger partial charge on any atom is -0.461 e. The van der Waals surface area contributed by atoms with Gasteiger partial charge in [-0.3, -0.25) is 9.59 Å². The molecule has 25 heavy (non-hydrogen) atoms. The molecule has 0 fully saturated rings. The smallest absolute Gasteiger partial charge is 0.308 e. The fourth-order valence-electron chi connectivity index (χ4n) is 2.29. The van der Waals surface area contributed by atoms with Crippen molar-refractivity contribution in [2.24, 2.45) is 0 Å². The third-order valence-corrected chi connectivity index (χ3v) is 4.32. The summed E-state index contributed by atoms with van der Waals surface area (Å²) in [7, 11) is 0. The molecule has 3 aromatic heterocycles. The topological polar surface area (TPSA) is 86.7 Å². The molecule has 7 nitrogen and oxygen atoms in total. The number of hydrogen-bond donors (Lipinski definition) is 0. The van der Waals surface area contributed by atoms with Crippen LogP contribution in [0.1, 0.15) is 12.5 Å². The van der Waals surface area contributed by atoms with E-state index in [2.05, 4.69) is 10.1 Å². The second-order valence-electron chi connectivity index (χ2n) is 5.19. The molecule has 0 amide bonds. The zero-order valence-electron chi connectivity index (χ0n) is 13.0. The van der Waals surface area contributed by atoms with Crippen LogP contribution >= 0.6 is 11.3 Å². The molecule has 1 aromatic carbocycles. The molecule has 3 heterocycles. The van der Waals surface area contributed by atoms with E-state index >= 15 is 0 Å². The fraction of sp³-hybridized carbons (Fsp3) is 0.0588. The molecule has 0 aliphatic heterocycles. The van der Waals surface area contributed by atoms with Crippen molar-refractivity contribution < 1.29 is 13.9 Å². The van der Waals surface area contributed by atoms with Crippen LogP contribution < -0.4 is 14.8 Å². The van der Waals surface area contributed by atoms with Crippen molar-refractivity contribution >= 4 is 28.3 Å². The molecular formula is C17H11N3O4S. The third-order valence-electron chi connectivity index (χ3n) is 3.36. The number of furan rings is 1. The number of hydrogen-bond acceptors (Lipinski definition) is 7. The van der Waals surface area contributed by atoms with Gasteiger partial charge < -0.3 is 9.15 Å². The highest BCUT2D eigenvalue weighted by Crippen LogP contribution is 2.17. The van der Waals surface area contributed by atoms with E-state index in [-0.39, 0.29) is 11.5 Å². The number of benzene rings is 1. The van der Waals surface area contributed by atoms with Crippen molar-refractivity contribution in [3.05, 3.63) is 63.1 Å². The number of ether oxygens (including phenoxy) is 1. The number of carbonyl (C=O) groups excluding carboxylic acids is 1. The van der Waals surface area contributed by atoms with Crippen LogP contribution in [0.15, 0.2) is 51.9 Å². The van der Waals surface area contributed by atoms with Crippen molar-refractivity contribution in [3.8, 4) is 17.3 Å². The van der Waals surface area contributed by atoms with Crippen molar-refractivity contribution in [1.29, 1.82) is 0 Å². The first-order chi connectivity index (χ1) is 12.1. The minimum absolute atomic E-state index is 0.241. The predicted octanol–water partition coefficient (Wildman–Crippen LogP) is 1.88. The Kier molecular flexibility index (Phi) is 3.66. The number of nitrogens with zero attached hydrogens (tertiary/aromatic N) is 3. The van der Waals surface area contributed by atoms with Crippen molar-refractivity contribution in [1.82, 2.24) is 14.6 Å². The lowest BCUT2D eigenvalue weighted by atomic mass is 10.2. The number of rotatable bonds is 3. The third kappa shape index (κ3) is 2.94. The zero-order chi connectivity index (χ0) is 17.4. The van der Waals surface area contributed by atoms with Crippen LogP contribution in [0.3, 0.4) is 0 Å². The highest BCUT2D eigenvalue weighted by molar-refractivity contribution is 7.15. The Labute approximate surface area is 144 Å². The Morgan fingerprint density at radius 2 is 2.08 bits per heavy atom. The van der Waals surface area contributed by atoms with Crippen LogP contribution in [0.4, 0.5) is 0 Å². The van der Waals surface area contributed by atoms with Gasteiger partial charge in [-0.2, -0.15) is 9.50 Å². The van der Waals surface area contributed by atoms with E-state index in [0.29, 0.717) is 26.8 Å². The maximum absolute atomic E-state index is 12.5. The quantitative estimate of drug-likeness (QED) is 0.413. The zero-order valence-corrected chi connectivity index (χ0v) is 13.8. The Morgan fingerprint density at radius 3 is 2.72 bits per heavy atom. The van der Waals surface area contributed by atoms with Crippen LogP contribution in [0, 0.1) is 0 Å². The summed E-state index contributed by atoms with van der Waals surface area (Å²) in [5.41, 5.74) is 0.568. The average molecular weight is 353 g/mol. The standard InChI is InChI=1S/C17H11N3O4S/c1-10(21)24-12-6-4-11(5-7-12)9-14-16(22)20-17(25-14)18-15(19-20)13-3-2-8-23-13/h2-9H,1H3. The van der Waals surface area contributed by atoms with Crippen LogP contribution in [0.5, 0.6) is 5.75 Å². The summed E-state index contributed by atoms with van der Waals surface area (Å²) in [5.74, 6) is 0.974. The van der Waals surface area contributed by atoms with Crippen LogP contribution in [0.25, 0.3) is 22.6 Å². The lowest BCUT2D eigenvalue weighted by molar-refractivity contribution is -0.131. The van der Waals surface area contributed by atoms with Gasteiger partial charge in [0.2, 0.25) is 10.8 Å². The Morgan fingerprint density at radius 1 is 1.28 bits per heavy atom. The van der Waals surface area contributed by atoms with E-state index in [1.165, 1.54) is 29.0 Å². The molecule has 0 aliphatic carbocycles. The molecule has 0 unspecified atom stereocenters. The SMILES string of the molecule is CC(=O)Oc1ccc(C=c2sc3nc(-c4ccco4)nn3c2=O)cc1. The van der Waals surface area contributed by atoms with Crippen LogP contribution in [-0.2, 0) is 4.79 Å². The van der Waals surface area contributed by atoms with Gasteiger partial charge in [-0.25, -0.2) is 0 Å². The van der Waals surface area contributed by atoms with Gasteiger partial charge in [-0.1, -0.05) is 23.5 Å². The largest absolute Gasteiger partial charge is 0.461 e. The van der Waals surface area contributed by atoms with Gasteiger partial charge in [0.05, 0.1) is 10.8 Å². The summed E-state index contributed by atoms with van der Waals surface area (Å²) in [6.07, 6.45) is 3.27. The summed E-state index contributed by atoms with van der Waals surface area (Å²) in [6.45, 7) is 1.34. The van der Waals surface area contributed by atoms with Crippen molar-refractivity contribution in [2.45, 2.75) is 6.92 Å². The summed E-state index contributed by atoms with van der Waals surface area (Å²) < 4.78 is 12.0. The van der Waals surface area contributed by atoms with E-state index in [0.717, 1.165) is 5.56 Å². The predicted molar refractivity (Wildman–Crippen MR) is 91.4 cm³/mol. The molecule has 0 spiro atoms. The lowest BCUT2D eigenvalue weighted by Gasteiger charge is -2.00. The number of esters is 1. The molecule has 0 aliphatic rings. The summed E-state index contributed by atoms with van der Waals surface area (Å²) in [5, 5.41) is 4.20. The van der Waals surface area contributed by atoms with Crippen LogP contribution in [-0.4, -0.2) is 20.6 Å². The summed E-state index contributed by atoms with van der Waals surface area (Å²) in [4.78, 5) is 28.2. The fourth-order valence-corrected chi connectivity index (χ4v) is 3.20. The minimum atomic E-state index is -0.378. The summed E-state index contributed by atoms with van der Waals surface area (Å²) in [6, 6.07) is 10.3. The van der Waals surface area contributed by atoms with E-state index < -0.39 is 0 Å². The van der Waals surface area contributed by atoms with Gasteiger partial charge in [0, 0.05) is 6.92 Å². The van der Waals surface area contributed by atoms with Gasteiger partial charge in [0.1, 0.15) is 5.75 Å². The molecule has 124 valence electrons. The number of fused-ring (bicyclic) bond motifs is 1. The van der Waals surface area contributed by atoms with Gasteiger partial charge in [0.15, 0.2) is 5.76 Å². The highest BCUT2D eigenvalue weighted by Gasteiger charge is 2.13. The van der Waals surface area contributed by atoms with E-state index in [1.54, 1.807) is 42.5 Å². The van der Waals surface area contributed by atoms with E-state index in [9.17, 15) is 9.59 Å². The maximum Gasteiger partial charge on any atom is 0.308 e. The Hall–Kier alpha value is -3.26. The van der Waals surface area contributed by atoms with Gasteiger partial charge in [-0.15, -0.1) is 5.10 Å². The molecule has 0 N–H and O–H groups in total. The Balaban J connectivity index is 1.70. The first-order valence-corrected chi connectivity index (χ1v) is 8.15. The maximum atomic E-state index is 12.5. The molecule has 0 saturated heterocycles. The normalized spacial score (nSPS) is 12.0. The Bertz CT molecular complexity index is 1160. The first kappa shape index (κ1) is 15.3. The van der Waals surface area contributed by atoms with Gasteiger partial charge in [0.25, 0.3) is 5.56 Å². The van der Waals surface area contributed by atoms with Crippen molar-refractivity contribution in [2.75, 3.05) is 0 Å². The second kappa shape index (κ2) is 5.99. The summed E-state index contributed by atoms with van der Waals surface area (Å²) >= 11 is 1.25. The number of thiazole rings is 1. The monoisotopic (exact) mass is 353 g/mol. The molecule has 0 saturated carbocycles. The van der Waals surface area contributed by atoms with E-state index in [4.69, 9.17) is 9.15 Å². The number of aromatic nitrogens is 3. The molecule has 0 bridgehead atoms. The van der Waals surface area contributed by atoms with E-state index in [1.807, 2.05) is 0 Å². The van der Waals surface area contributed by atoms with Crippen molar-refractivity contribution in [3.63, 3.8) is 0 Å². The molecule has 0 radical (unpaired) electrons. The number of carbonyl (C=O) groups is 1. The lowest BCUT2D eigenvalue weighted by Crippen LogP contribution is -2.23. The average Bonchev–Trinajstić information content (AvgIpc) is 3.28.